The first kappa shape index (κ1) is 19.4. The second-order valence-electron chi connectivity index (χ2n) is 7.68. The molecule has 0 radical (unpaired) electrons. The Bertz CT molecular complexity index is 1340. The van der Waals surface area contributed by atoms with Gasteiger partial charge in [-0.25, -0.2) is 4.98 Å². The monoisotopic (exact) mass is 428 g/mol. The molecule has 0 saturated heterocycles. The Morgan fingerprint density at radius 1 is 1.00 bits per heavy atom. The number of imidazole rings is 1. The molecular formula is C25H21ClN4O. The van der Waals surface area contributed by atoms with Gasteiger partial charge >= 0.3 is 0 Å². The number of anilines is 2. The first-order valence-electron chi connectivity index (χ1n) is 10.1. The van der Waals surface area contributed by atoms with Crippen LogP contribution < -0.4 is 10.6 Å². The Kier molecular flexibility index (Phi) is 4.75. The molecule has 6 heteroatoms. The van der Waals surface area contributed by atoms with Crippen LogP contribution in [0.15, 0.2) is 84.1 Å². The van der Waals surface area contributed by atoms with Crippen LogP contribution in [-0.4, -0.2) is 15.5 Å². The summed E-state index contributed by atoms with van der Waals surface area (Å²) in [5.74, 6) is 0.569. The van der Waals surface area contributed by atoms with E-state index in [9.17, 15) is 4.79 Å². The number of hydrogen-bond donors (Lipinski definition) is 2. The number of benzene rings is 3. The van der Waals surface area contributed by atoms with Crippen molar-refractivity contribution in [3.05, 3.63) is 100 Å². The van der Waals surface area contributed by atoms with E-state index in [0.29, 0.717) is 16.3 Å². The van der Waals surface area contributed by atoms with Crippen molar-refractivity contribution in [2.24, 2.45) is 0 Å². The van der Waals surface area contributed by atoms with Crippen molar-refractivity contribution in [2.75, 3.05) is 10.6 Å². The minimum Gasteiger partial charge on any atom is -0.329 e. The maximum absolute atomic E-state index is 13.5. The van der Waals surface area contributed by atoms with E-state index in [1.165, 1.54) is 0 Å². The van der Waals surface area contributed by atoms with Crippen LogP contribution in [0.5, 0.6) is 0 Å². The number of fused-ring (bicyclic) bond motifs is 3. The summed E-state index contributed by atoms with van der Waals surface area (Å²) in [6.07, 6.45) is 0. The summed E-state index contributed by atoms with van der Waals surface area (Å²) >= 11 is 6.00. The molecule has 4 aromatic rings. The number of nitrogens with zero attached hydrogens (tertiary/aromatic N) is 2. The number of halogens is 1. The van der Waals surface area contributed by atoms with Crippen LogP contribution in [0, 0.1) is 6.92 Å². The van der Waals surface area contributed by atoms with Crippen molar-refractivity contribution >= 4 is 40.2 Å². The number of aryl methyl sites for hydroxylation is 1. The predicted molar refractivity (Wildman–Crippen MR) is 125 cm³/mol. The Hall–Kier alpha value is -3.57. The Morgan fingerprint density at radius 3 is 2.48 bits per heavy atom. The molecule has 1 aliphatic rings. The van der Waals surface area contributed by atoms with Crippen molar-refractivity contribution < 1.29 is 4.79 Å². The minimum atomic E-state index is -0.308. The first-order valence-corrected chi connectivity index (χ1v) is 10.5. The third-order valence-corrected chi connectivity index (χ3v) is 5.91. The molecule has 2 heterocycles. The third kappa shape index (κ3) is 3.37. The van der Waals surface area contributed by atoms with E-state index in [1.807, 2.05) is 43.3 Å². The normalized spacial score (nSPS) is 15.5. The van der Waals surface area contributed by atoms with Gasteiger partial charge in [-0.1, -0.05) is 48.0 Å². The van der Waals surface area contributed by atoms with Gasteiger partial charge in [-0.3, -0.25) is 9.36 Å². The van der Waals surface area contributed by atoms with Crippen molar-refractivity contribution in [1.82, 2.24) is 9.55 Å². The van der Waals surface area contributed by atoms with Crippen LogP contribution in [0.1, 0.15) is 24.1 Å². The fourth-order valence-electron chi connectivity index (χ4n) is 4.18. The molecular weight excluding hydrogens is 408 g/mol. The van der Waals surface area contributed by atoms with Crippen LogP contribution in [0.4, 0.5) is 11.6 Å². The molecule has 0 aliphatic carbocycles. The molecule has 5 rings (SSSR count). The number of amides is 1. The standard InChI is InChI=1S/C25H21ClN4O/c1-15-7-3-4-8-19(15)23-22(24(31)28-18-13-11-17(26)12-14-18)16(2)27-25-29-20-9-5-6-10-21(20)30(23)25/h3-14,23H,1-2H3,(H,27,29)(H,28,31)/t23-/m0/s1. The van der Waals surface area contributed by atoms with Gasteiger partial charge in [0, 0.05) is 16.4 Å². The molecule has 31 heavy (non-hydrogen) atoms. The smallest absolute Gasteiger partial charge is 0.255 e. The van der Waals surface area contributed by atoms with E-state index in [2.05, 4.69) is 34.3 Å². The van der Waals surface area contributed by atoms with E-state index in [1.54, 1.807) is 24.3 Å². The second kappa shape index (κ2) is 7.60. The maximum Gasteiger partial charge on any atom is 0.255 e. The average molecular weight is 429 g/mol. The molecule has 0 bridgehead atoms. The zero-order valence-corrected chi connectivity index (χ0v) is 17.9. The molecule has 1 aliphatic heterocycles. The first-order chi connectivity index (χ1) is 15.0. The summed E-state index contributed by atoms with van der Waals surface area (Å²) in [6.45, 7) is 3.99. The number of allylic oxidation sites excluding steroid dienone is 1. The van der Waals surface area contributed by atoms with E-state index < -0.39 is 0 Å². The van der Waals surface area contributed by atoms with Crippen LogP contribution in [-0.2, 0) is 4.79 Å². The number of rotatable bonds is 3. The zero-order valence-electron chi connectivity index (χ0n) is 17.2. The molecule has 0 saturated carbocycles. The van der Waals surface area contributed by atoms with Gasteiger partial charge in [-0.2, -0.15) is 0 Å². The van der Waals surface area contributed by atoms with Crippen LogP contribution >= 0.6 is 11.6 Å². The molecule has 3 aromatic carbocycles. The highest BCUT2D eigenvalue weighted by atomic mass is 35.5. The maximum atomic E-state index is 13.5. The lowest BCUT2D eigenvalue weighted by atomic mass is 9.91. The molecule has 1 atom stereocenters. The summed E-state index contributed by atoms with van der Waals surface area (Å²) in [7, 11) is 0. The highest BCUT2D eigenvalue weighted by Crippen LogP contribution is 2.40. The van der Waals surface area contributed by atoms with Crippen LogP contribution in [0.25, 0.3) is 11.0 Å². The lowest BCUT2D eigenvalue weighted by molar-refractivity contribution is -0.113. The Labute approximate surface area is 185 Å². The van der Waals surface area contributed by atoms with Crippen molar-refractivity contribution in [3.63, 3.8) is 0 Å². The van der Waals surface area contributed by atoms with Crippen molar-refractivity contribution in [2.45, 2.75) is 19.9 Å². The summed E-state index contributed by atoms with van der Waals surface area (Å²) in [5.41, 5.74) is 6.16. The van der Waals surface area contributed by atoms with E-state index in [4.69, 9.17) is 16.6 Å². The number of carbonyl (C=O) groups is 1. The van der Waals surface area contributed by atoms with Crippen molar-refractivity contribution in [3.8, 4) is 0 Å². The summed E-state index contributed by atoms with van der Waals surface area (Å²) in [6, 6.07) is 23.0. The van der Waals surface area contributed by atoms with Gasteiger partial charge in [0.1, 0.15) is 0 Å². The number of aromatic nitrogens is 2. The van der Waals surface area contributed by atoms with Crippen LogP contribution in [0.3, 0.4) is 0 Å². The molecule has 0 spiro atoms. The molecule has 2 N–H and O–H groups in total. The lowest BCUT2D eigenvalue weighted by Gasteiger charge is -2.31. The molecule has 0 unspecified atom stereocenters. The van der Waals surface area contributed by atoms with Gasteiger partial charge < -0.3 is 10.6 Å². The molecule has 5 nitrogen and oxygen atoms in total. The number of nitrogens with one attached hydrogen (secondary N) is 2. The SMILES string of the molecule is CC1=C(C(=O)Nc2ccc(Cl)cc2)[C@H](c2ccccc2C)n2c(nc3ccccc32)N1. The fraction of sp³-hybridized carbons (Fsp3) is 0.120. The topological polar surface area (TPSA) is 59.0 Å². The van der Waals surface area contributed by atoms with Gasteiger partial charge in [0.05, 0.1) is 22.6 Å². The zero-order chi connectivity index (χ0) is 21.5. The summed E-state index contributed by atoms with van der Waals surface area (Å²) in [4.78, 5) is 18.3. The minimum absolute atomic E-state index is 0.163. The quantitative estimate of drug-likeness (QED) is 0.425. The van der Waals surface area contributed by atoms with E-state index in [-0.39, 0.29) is 11.9 Å². The average Bonchev–Trinajstić information content (AvgIpc) is 3.12. The summed E-state index contributed by atoms with van der Waals surface area (Å²) in [5, 5.41) is 7.00. The third-order valence-electron chi connectivity index (χ3n) is 5.66. The fourth-order valence-corrected chi connectivity index (χ4v) is 4.30. The van der Waals surface area contributed by atoms with Crippen LogP contribution in [0.2, 0.25) is 5.02 Å². The lowest BCUT2D eigenvalue weighted by Crippen LogP contribution is -2.31. The molecule has 154 valence electrons. The van der Waals surface area contributed by atoms with Gasteiger partial charge in [-0.05, 0) is 61.4 Å². The molecule has 1 aromatic heterocycles. The van der Waals surface area contributed by atoms with E-state index in [0.717, 1.165) is 33.8 Å². The Balaban J connectivity index is 1.67. The number of hydrogen-bond acceptors (Lipinski definition) is 3. The highest BCUT2D eigenvalue weighted by molar-refractivity contribution is 6.30. The number of para-hydroxylation sites is 2. The predicted octanol–water partition coefficient (Wildman–Crippen LogP) is 5.93. The van der Waals surface area contributed by atoms with E-state index >= 15 is 0 Å². The van der Waals surface area contributed by atoms with Gasteiger partial charge in [0.2, 0.25) is 5.95 Å². The van der Waals surface area contributed by atoms with Crippen molar-refractivity contribution in [1.29, 1.82) is 0 Å². The number of carbonyl (C=O) groups excluding carboxylic acids is 1. The molecule has 0 fully saturated rings. The highest BCUT2D eigenvalue weighted by Gasteiger charge is 2.34. The largest absolute Gasteiger partial charge is 0.329 e. The van der Waals surface area contributed by atoms with Gasteiger partial charge in [0.25, 0.3) is 5.91 Å². The summed E-state index contributed by atoms with van der Waals surface area (Å²) < 4.78 is 2.11. The molecule has 1 amide bonds. The van der Waals surface area contributed by atoms with Gasteiger partial charge in [-0.15, -0.1) is 0 Å². The van der Waals surface area contributed by atoms with Gasteiger partial charge in [0.15, 0.2) is 0 Å². The Morgan fingerprint density at radius 2 is 1.71 bits per heavy atom. The second-order valence-corrected chi connectivity index (χ2v) is 8.11.